The Labute approximate surface area is 191 Å². The monoisotopic (exact) mass is 452 g/mol. The third-order valence-corrected chi connectivity index (χ3v) is 6.00. The zero-order valence-corrected chi connectivity index (χ0v) is 19.1. The van der Waals surface area contributed by atoms with Crippen LogP contribution >= 0.6 is 11.8 Å². The number of nitrogens with two attached hydrogens (primary N) is 1. The molecule has 0 saturated heterocycles. The molecule has 0 bridgehead atoms. The van der Waals surface area contributed by atoms with E-state index in [0.29, 0.717) is 17.3 Å². The molecular formula is C24H24N2O5S. The Hall–Kier alpha value is -3.57. The van der Waals surface area contributed by atoms with E-state index in [0.717, 1.165) is 15.4 Å². The van der Waals surface area contributed by atoms with Crippen molar-refractivity contribution in [2.24, 2.45) is 5.73 Å². The molecule has 0 fully saturated rings. The highest BCUT2D eigenvalue weighted by Crippen LogP contribution is 2.45. The summed E-state index contributed by atoms with van der Waals surface area (Å²) in [5.74, 6) is 0.272. The van der Waals surface area contributed by atoms with Gasteiger partial charge in [0.1, 0.15) is 17.4 Å². The van der Waals surface area contributed by atoms with Crippen LogP contribution in [0.5, 0.6) is 11.5 Å². The largest absolute Gasteiger partial charge is 0.493 e. The van der Waals surface area contributed by atoms with Crippen LogP contribution in [0.15, 0.2) is 75.0 Å². The number of hydrogen-bond acceptors (Lipinski definition) is 8. The van der Waals surface area contributed by atoms with E-state index in [2.05, 4.69) is 6.07 Å². The van der Waals surface area contributed by atoms with Gasteiger partial charge in [-0.1, -0.05) is 30.0 Å². The molecule has 1 atom stereocenters. The van der Waals surface area contributed by atoms with Crippen molar-refractivity contribution in [3.8, 4) is 17.6 Å². The minimum atomic E-state index is -0.711. The van der Waals surface area contributed by atoms with Gasteiger partial charge in [0.05, 0.1) is 32.3 Å². The van der Waals surface area contributed by atoms with Gasteiger partial charge in [0, 0.05) is 9.79 Å². The molecule has 1 heterocycles. The van der Waals surface area contributed by atoms with E-state index in [1.54, 1.807) is 28.1 Å². The first-order valence-corrected chi connectivity index (χ1v) is 10.7. The van der Waals surface area contributed by atoms with Gasteiger partial charge in [0.2, 0.25) is 5.88 Å². The summed E-state index contributed by atoms with van der Waals surface area (Å²) in [6.45, 7) is 3.57. The molecule has 0 aromatic heterocycles. The number of ether oxygens (including phenoxy) is 4. The number of carbonyl (C=O) groups is 1. The van der Waals surface area contributed by atoms with Gasteiger partial charge in [-0.15, -0.1) is 0 Å². The number of hydrogen-bond donors (Lipinski definition) is 1. The molecule has 0 spiro atoms. The molecule has 1 aliphatic heterocycles. The molecule has 0 aliphatic carbocycles. The van der Waals surface area contributed by atoms with Gasteiger partial charge in [0.15, 0.2) is 11.5 Å². The molecule has 32 heavy (non-hydrogen) atoms. The van der Waals surface area contributed by atoms with Crippen LogP contribution in [0.3, 0.4) is 0 Å². The molecule has 0 saturated carbocycles. The van der Waals surface area contributed by atoms with Gasteiger partial charge in [-0.25, -0.2) is 4.79 Å². The highest BCUT2D eigenvalue weighted by molar-refractivity contribution is 7.99. The van der Waals surface area contributed by atoms with Crippen LogP contribution in [-0.2, 0) is 14.3 Å². The third kappa shape index (κ3) is 4.53. The quantitative estimate of drug-likeness (QED) is 0.613. The molecule has 0 amide bonds. The summed E-state index contributed by atoms with van der Waals surface area (Å²) >= 11 is 1.47. The molecule has 1 aliphatic rings. The Kier molecular flexibility index (Phi) is 7.33. The fraction of sp³-hybridized carbons (Fsp3) is 0.250. The Bertz CT molecular complexity index is 1130. The van der Waals surface area contributed by atoms with Gasteiger partial charge < -0.3 is 24.7 Å². The number of nitriles is 1. The van der Waals surface area contributed by atoms with Crippen molar-refractivity contribution >= 4 is 17.7 Å². The van der Waals surface area contributed by atoms with Crippen molar-refractivity contribution in [1.82, 2.24) is 0 Å². The SMILES string of the molecule is CCOC(=O)C1=C(C)OC(N)=C(C#N)C1c1ccccc1Sc1ccc(OC)c(OC)c1. The average molecular weight is 453 g/mol. The summed E-state index contributed by atoms with van der Waals surface area (Å²) in [5, 5.41) is 9.84. The third-order valence-electron chi connectivity index (χ3n) is 4.91. The molecular weight excluding hydrogens is 428 g/mol. The molecule has 8 heteroatoms. The van der Waals surface area contributed by atoms with Crippen molar-refractivity contribution in [3.63, 3.8) is 0 Å². The van der Waals surface area contributed by atoms with Gasteiger partial charge in [-0.05, 0) is 43.7 Å². The smallest absolute Gasteiger partial charge is 0.338 e. The highest BCUT2D eigenvalue weighted by Gasteiger charge is 2.37. The maximum Gasteiger partial charge on any atom is 0.338 e. The molecule has 7 nitrogen and oxygen atoms in total. The first-order chi connectivity index (χ1) is 15.4. The Morgan fingerprint density at radius 3 is 2.56 bits per heavy atom. The van der Waals surface area contributed by atoms with Gasteiger partial charge in [-0.2, -0.15) is 5.26 Å². The molecule has 1 unspecified atom stereocenters. The Morgan fingerprint density at radius 1 is 1.19 bits per heavy atom. The lowest BCUT2D eigenvalue weighted by Crippen LogP contribution is -2.25. The number of methoxy groups -OCH3 is 2. The standard InChI is InChI=1S/C24H24N2O5S/c1-5-30-24(27)21-14(2)31-23(26)17(13-25)22(21)16-8-6-7-9-20(16)32-15-10-11-18(28-3)19(12-15)29-4/h6-12,22H,5,26H2,1-4H3. The first-order valence-electron chi connectivity index (χ1n) is 9.89. The lowest BCUT2D eigenvalue weighted by Gasteiger charge is -2.28. The normalized spacial score (nSPS) is 15.7. The predicted octanol–water partition coefficient (Wildman–Crippen LogP) is 4.50. The lowest BCUT2D eigenvalue weighted by atomic mass is 9.83. The molecule has 2 aromatic rings. The fourth-order valence-electron chi connectivity index (χ4n) is 3.48. The Morgan fingerprint density at radius 2 is 1.91 bits per heavy atom. The topological polar surface area (TPSA) is 104 Å². The number of esters is 1. The van der Waals surface area contributed by atoms with E-state index < -0.39 is 11.9 Å². The van der Waals surface area contributed by atoms with Crippen LogP contribution < -0.4 is 15.2 Å². The summed E-state index contributed by atoms with van der Waals surface area (Å²) in [4.78, 5) is 14.6. The van der Waals surface area contributed by atoms with Crippen LogP contribution in [0.4, 0.5) is 0 Å². The van der Waals surface area contributed by atoms with E-state index in [1.165, 1.54) is 11.8 Å². The maximum atomic E-state index is 12.8. The summed E-state index contributed by atoms with van der Waals surface area (Å²) < 4.78 is 21.5. The van der Waals surface area contributed by atoms with Gasteiger partial charge in [0.25, 0.3) is 0 Å². The summed E-state index contributed by atoms with van der Waals surface area (Å²) in [6, 6.07) is 15.3. The van der Waals surface area contributed by atoms with Gasteiger partial charge in [-0.3, -0.25) is 0 Å². The maximum absolute atomic E-state index is 12.8. The fourth-order valence-corrected chi connectivity index (χ4v) is 4.49. The van der Waals surface area contributed by atoms with Crippen LogP contribution in [0.2, 0.25) is 0 Å². The first kappa shape index (κ1) is 23.1. The van der Waals surface area contributed by atoms with Crippen molar-refractivity contribution in [1.29, 1.82) is 5.26 Å². The van der Waals surface area contributed by atoms with Crippen molar-refractivity contribution in [2.75, 3.05) is 20.8 Å². The van der Waals surface area contributed by atoms with Crippen LogP contribution in [0, 0.1) is 11.3 Å². The second kappa shape index (κ2) is 10.2. The number of allylic oxidation sites excluding steroid dienone is 2. The number of carbonyl (C=O) groups excluding carboxylic acids is 1. The minimum Gasteiger partial charge on any atom is -0.493 e. The number of benzene rings is 2. The molecule has 166 valence electrons. The molecule has 0 radical (unpaired) electrons. The number of rotatable bonds is 7. The minimum absolute atomic E-state index is 0.0195. The second-order valence-corrected chi connectivity index (χ2v) is 7.89. The zero-order chi connectivity index (χ0) is 23.3. The molecule has 3 rings (SSSR count). The van der Waals surface area contributed by atoms with Crippen molar-refractivity contribution < 1.29 is 23.7 Å². The summed E-state index contributed by atoms with van der Waals surface area (Å²) in [7, 11) is 3.16. The highest BCUT2D eigenvalue weighted by atomic mass is 32.2. The van der Waals surface area contributed by atoms with E-state index in [-0.39, 0.29) is 23.6 Å². The summed E-state index contributed by atoms with van der Waals surface area (Å²) in [5.41, 5.74) is 7.20. The van der Waals surface area contributed by atoms with Gasteiger partial charge >= 0.3 is 5.97 Å². The zero-order valence-electron chi connectivity index (χ0n) is 18.3. The van der Waals surface area contributed by atoms with Crippen LogP contribution in [0.25, 0.3) is 0 Å². The van der Waals surface area contributed by atoms with E-state index in [1.807, 2.05) is 42.5 Å². The summed E-state index contributed by atoms with van der Waals surface area (Å²) in [6.07, 6.45) is 0. The second-order valence-electron chi connectivity index (χ2n) is 6.77. The number of nitrogens with zero attached hydrogens (tertiary/aromatic N) is 1. The van der Waals surface area contributed by atoms with Crippen molar-refractivity contribution in [2.45, 2.75) is 29.6 Å². The lowest BCUT2D eigenvalue weighted by molar-refractivity contribution is -0.139. The van der Waals surface area contributed by atoms with E-state index >= 15 is 0 Å². The van der Waals surface area contributed by atoms with E-state index in [9.17, 15) is 10.1 Å². The van der Waals surface area contributed by atoms with Crippen LogP contribution in [-0.4, -0.2) is 26.8 Å². The Balaban J connectivity index is 2.11. The average Bonchev–Trinajstić information content (AvgIpc) is 2.79. The van der Waals surface area contributed by atoms with Crippen molar-refractivity contribution in [3.05, 3.63) is 70.8 Å². The van der Waals surface area contributed by atoms with E-state index in [4.69, 9.17) is 24.7 Å². The van der Waals surface area contributed by atoms with Crippen LogP contribution in [0.1, 0.15) is 25.3 Å². The molecule has 2 aromatic carbocycles. The molecule has 2 N–H and O–H groups in total. The predicted molar refractivity (Wildman–Crippen MR) is 120 cm³/mol.